The van der Waals surface area contributed by atoms with E-state index in [1.54, 1.807) is 11.0 Å². The van der Waals surface area contributed by atoms with Crippen molar-refractivity contribution in [3.63, 3.8) is 0 Å². The van der Waals surface area contributed by atoms with Crippen molar-refractivity contribution in [3.05, 3.63) is 47.3 Å². The summed E-state index contributed by atoms with van der Waals surface area (Å²) in [5.41, 5.74) is 2.84. The molecule has 0 unspecified atom stereocenters. The monoisotopic (exact) mass is 497 g/mol. The highest BCUT2D eigenvalue weighted by atomic mass is 35.5. The molecule has 0 bridgehead atoms. The van der Waals surface area contributed by atoms with Crippen LogP contribution in [-0.4, -0.2) is 61.5 Å². The molecule has 1 aliphatic carbocycles. The number of imidazole rings is 1. The Kier molecular flexibility index (Phi) is 6.00. The van der Waals surface area contributed by atoms with Crippen molar-refractivity contribution < 1.29 is 14.3 Å². The molecule has 0 aromatic carbocycles. The summed E-state index contributed by atoms with van der Waals surface area (Å²) in [7, 11) is 0. The molecule has 3 aromatic heterocycles. The van der Waals surface area contributed by atoms with Crippen molar-refractivity contribution in [2.75, 3.05) is 29.9 Å². The first-order valence-electron chi connectivity index (χ1n) is 11.7. The average molecular weight is 498 g/mol. The Hall–Kier alpha value is -3.40. The number of hydrogen-bond acceptors (Lipinski definition) is 7. The fourth-order valence-corrected chi connectivity index (χ4v) is 4.24. The minimum atomic E-state index is -0.612. The van der Waals surface area contributed by atoms with Crippen LogP contribution >= 0.6 is 11.6 Å². The summed E-state index contributed by atoms with van der Waals surface area (Å²) in [6.07, 6.45) is 7.27. The maximum Gasteiger partial charge on any atom is 0.410 e. The number of nitrogens with one attached hydrogen (secondary N) is 1. The lowest BCUT2D eigenvalue weighted by atomic mass is 10.1. The number of fused-ring (bicyclic) bond motifs is 1. The fourth-order valence-electron chi connectivity index (χ4n) is 4.10. The molecule has 2 aliphatic rings. The standard InChI is InChI=1S/C24H28ClN7O3/c1-24(2,3)35-23(34)30-6-7-32(21(33)13-30)18-8-16(15-4-5-15)11-31-12-17(29-22(18)31)10-26-20-9-19(25)27-14-28-20/h8-9,11-12,14-15H,4-7,10,13H2,1-3H3,(H,26,27,28). The molecule has 5 rings (SSSR count). The molecule has 10 nitrogen and oxygen atoms in total. The van der Waals surface area contributed by atoms with Gasteiger partial charge in [0.05, 0.1) is 17.9 Å². The predicted octanol–water partition coefficient (Wildman–Crippen LogP) is 3.85. The third-order valence-electron chi connectivity index (χ3n) is 5.90. The van der Waals surface area contributed by atoms with Gasteiger partial charge in [-0.05, 0) is 51.2 Å². The molecule has 3 aromatic rings. The molecule has 1 saturated heterocycles. The molecule has 0 spiro atoms. The average Bonchev–Trinajstić information content (AvgIpc) is 3.55. The molecular weight excluding hydrogens is 470 g/mol. The summed E-state index contributed by atoms with van der Waals surface area (Å²) < 4.78 is 7.43. The van der Waals surface area contributed by atoms with Crippen LogP contribution in [0.15, 0.2) is 30.9 Å². The van der Waals surface area contributed by atoms with Gasteiger partial charge in [-0.25, -0.2) is 19.7 Å². The van der Waals surface area contributed by atoms with Crippen molar-refractivity contribution in [3.8, 4) is 0 Å². The number of ether oxygens (including phenoxy) is 1. The van der Waals surface area contributed by atoms with E-state index in [1.165, 1.54) is 16.8 Å². The molecular formula is C24H28ClN7O3. The summed E-state index contributed by atoms with van der Waals surface area (Å²) in [4.78, 5) is 41.7. The van der Waals surface area contributed by atoms with E-state index in [1.807, 2.05) is 31.4 Å². The molecule has 184 valence electrons. The Morgan fingerprint density at radius 2 is 2.00 bits per heavy atom. The third kappa shape index (κ3) is 5.32. The summed E-state index contributed by atoms with van der Waals surface area (Å²) in [6, 6.07) is 3.72. The van der Waals surface area contributed by atoms with Crippen LogP contribution in [0.2, 0.25) is 5.15 Å². The molecule has 1 N–H and O–H groups in total. The fraction of sp³-hybridized carbons (Fsp3) is 0.458. The number of aromatic nitrogens is 4. The van der Waals surface area contributed by atoms with Gasteiger partial charge in [0, 0.05) is 31.5 Å². The smallest absolute Gasteiger partial charge is 0.410 e. The van der Waals surface area contributed by atoms with Crippen molar-refractivity contribution in [2.24, 2.45) is 0 Å². The van der Waals surface area contributed by atoms with Gasteiger partial charge >= 0.3 is 6.09 Å². The Morgan fingerprint density at radius 3 is 2.69 bits per heavy atom. The number of carbonyl (C=O) groups is 2. The summed E-state index contributed by atoms with van der Waals surface area (Å²) in [5, 5.41) is 3.57. The van der Waals surface area contributed by atoms with Crippen LogP contribution in [0.25, 0.3) is 5.65 Å². The van der Waals surface area contributed by atoms with Crippen molar-refractivity contribution in [2.45, 2.75) is 51.7 Å². The molecule has 35 heavy (non-hydrogen) atoms. The second-order valence-corrected chi connectivity index (χ2v) is 10.3. The lowest BCUT2D eigenvalue weighted by molar-refractivity contribution is -0.121. The molecule has 0 radical (unpaired) electrons. The molecule has 2 fully saturated rings. The van der Waals surface area contributed by atoms with Gasteiger partial charge in [0.25, 0.3) is 0 Å². The van der Waals surface area contributed by atoms with Crippen LogP contribution in [-0.2, 0) is 16.1 Å². The van der Waals surface area contributed by atoms with Crippen molar-refractivity contribution in [1.29, 1.82) is 0 Å². The van der Waals surface area contributed by atoms with Gasteiger partial charge in [-0.15, -0.1) is 0 Å². The van der Waals surface area contributed by atoms with Crippen LogP contribution in [0.5, 0.6) is 0 Å². The normalized spacial score (nSPS) is 16.6. The zero-order chi connectivity index (χ0) is 24.7. The molecule has 0 atom stereocenters. The molecule has 1 aliphatic heterocycles. The van der Waals surface area contributed by atoms with Gasteiger partial charge in [-0.1, -0.05) is 11.6 Å². The first-order valence-corrected chi connectivity index (χ1v) is 12.1. The van der Waals surface area contributed by atoms with E-state index in [9.17, 15) is 9.59 Å². The lowest BCUT2D eigenvalue weighted by Gasteiger charge is -2.35. The zero-order valence-corrected chi connectivity index (χ0v) is 20.7. The van der Waals surface area contributed by atoms with Gasteiger partial charge in [0.1, 0.15) is 29.4 Å². The largest absolute Gasteiger partial charge is 0.444 e. The topological polar surface area (TPSA) is 105 Å². The maximum absolute atomic E-state index is 13.2. The number of piperazine rings is 1. The minimum absolute atomic E-state index is 0.0294. The number of halogens is 1. The molecule has 1 saturated carbocycles. The van der Waals surface area contributed by atoms with Gasteiger partial charge in [0.2, 0.25) is 5.91 Å². The highest BCUT2D eigenvalue weighted by molar-refractivity contribution is 6.29. The van der Waals surface area contributed by atoms with Crippen LogP contribution in [0.3, 0.4) is 0 Å². The van der Waals surface area contributed by atoms with E-state index in [2.05, 4.69) is 27.5 Å². The van der Waals surface area contributed by atoms with Gasteiger partial charge in [-0.3, -0.25) is 9.69 Å². The summed E-state index contributed by atoms with van der Waals surface area (Å²) >= 11 is 5.94. The summed E-state index contributed by atoms with van der Waals surface area (Å²) in [6.45, 7) is 6.62. The SMILES string of the molecule is CC(C)(C)OC(=O)N1CCN(c2cc(C3CC3)cn3cc(CNc4cc(Cl)ncn4)nc23)C(=O)C1. The predicted molar refractivity (Wildman–Crippen MR) is 132 cm³/mol. The Morgan fingerprint density at radius 1 is 1.20 bits per heavy atom. The number of pyridine rings is 1. The summed E-state index contributed by atoms with van der Waals surface area (Å²) in [5.74, 6) is 0.952. The van der Waals surface area contributed by atoms with Gasteiger partial charge < -0.3 is 19.4 Å². The number of rotatable bonds is 5. The molecule has 2 amide bonds. The molecule has 4 heterocycles. The lowest BCUT2D eigenvalue weighted by Crippen LogP contribution is -2.53. The van der Waals surface area contributed by atoms with E-state index in [0.717, 1.165) is 24.2 Å². The highest BCUT2D eigenvalue weighted by Crippen LogP contribution is 2.42. The van der Waals surface area contributed by atoms with E-state index in [-0.39, 0.29) is 12.5 Å². The maximum atomic E-state index is 13.2. The Labute approximate surface area is 208 Å². The van der Waals surface area contributed by atoms with Crippen LogP contribution in [0.4, 0.5) is 16.3 Å². The van der Waals surface area contributed by atoms with Crippen LogP contribution in [0, 0.1) is 0 Å². The first-order chi connectivity index (χ1) is 16.7. The zero-order valence-electron chi connectivity index (χ0n) is 20.0. The quantitative estimate of drug-likeness (QED) is 0.534. The Balaban J connectivity index is 1.39. The Bertz CT molecular complexity index is 1280. The number of nitrogens with zero attached hydrogens (tertiary/aromatic N) is 6. The second kappa shape index (κ2) is 8.99. The number of hydrogen-bond donors (Lipinski definition) is 1. The number of anilines is 2. The number of amides is 2. The van der Waals surface area contributed by atoms with Crippen molar-refractivity contribution in [1.82, 2.24) is 24.3 Å². The van der Waals surface area contributed by atoms with Gasteiger partial charge in [-0.2, -0.15) is 0 Å². The van der Waals surface area contributed by atoms with Crippen LogP contribution in [0.1, 0.15) is 50.8 Å². The second-order valence-electron chi connectivity index (χ2n) is 9.92. The third-order valence-corrected chi connectivity index (χ3v) is 6.11. The van der Waals surface area contributed by atoms with Crippen LogP contribution < -0.4 is 10.2 Å². The van der Waals surface area contributed by atoms with E-state index >= 15 is 0 Å². The van der Waals surface area contributed by atoms with E-state index in [4.69, 9.17) is 21.3 Å². The first kappa shape index (κ1) is 23.3. The van der Waals surface area contributed by atoms with E-state index < -0.39 is 11.7 Å². The van der Waals surface area contributed by atoms with E-state index in [0.29, 0.717) is 42.2 Å². The van der Waals surface area contributed by atoms with Crippen molar-refractivity contribution >= 4 is 40.8 Å². The number of carbonyl (C=O) groups excluding carboxylic acids is 2. The molecule has 11 heteroatoms. The highest BCUT2D eigenvalue weighted by Gasteiger charge is 2.33. The minimum Gasteiger partial charge on any atom is -0.444 e. The van der Waals surface area contributed by atoms with Gasteiger partial charge in [0.15, 0.2) is 5.65 Å².